The largest absolute Gasteiger partial charge is 0.494 e. The number of nitrogens with zero attached hydrogens (tertiary/aromatic N) is 2. The van der Waals surface area contributed by atoms with Crippen molar-refractivity contribution >= 4 is 27.5 Å². The van der Waals surface area contributed by atoms with Crippen molar-refractivity contribution in [2.24, 2.45) is 0 Å². The van der Waals surface area contributed by atoms with Crippen LogP contribution in [-0.2, 0) is 26.2 Å². The monoisotopic (exact) mass is 583 g/mol. The fourth-order valence-corrected chi connectivity index (χ4v) is 5.82. The molecule has 0 aliphatic rings. The van der Waals surface area contributed by atoms with Gasteiger partial charge < -0.3 is 15.0 Å². The summed E-state index contributed by atoms with van der Waals surface area (Å²) in [7, 11) is -4.30. The molecule has 8 nitrogen and oxygen atoms in total. The van der Waals surface area contributed by atoms with Crippen LogP contribution in [0, 0.1) is 12.7 Å². The van der Waals surface area contributed by atoms with Crippen LogP contribution in [0.1, 0.15) is 45.2 Å². The molecule has 1 atom stereocenters. The number of carbonyl (C=O) groups is 2. The highest BCUT2D eigenvalue weighted by atomic mass is 32.2. The summed E-state index contributed by atoms with van der Waals surface area (Å²) in [6.45, 7) is 9.19. The van der Waals surface area contributed by atoms with Gasteiger partial charge in [-0.25, -0.2) is 12.8 Å². The van der Waals surface area contributed by atoms with Crippen molar-refractivity contribution in [2.75, 3.05) is 17.5 Å². The first kappa shape index (κ1) is 31.6. The van der Waals surface area contributed by atoms with Gasteiger partial charge in [0.15, 0.2) is 0 Å². The van der Waals surface area contributed by atoms with E-state index in [4.69, 9.17) is 4.74 Å². The zero-order valence-electron chi connectivity index (χ0n) is 24.1. The van der Waals surface area contributed by atoms with E-state index in [1.165, 1.54) is 4.90 Å². The quantitative estimate of drug-likeness (QED) is 0.304. The molecule has 0 fully saturated rings. The molecule has 0 saturated heterocycles. The van der Waals surface area contributed by atoms with Gasteiger partial charge in [0, 0.05) is 12.6 Å². The third-order valence-corrected chi connectivity index (χ3v) is 8.32. The zero-order chi connectivity index (χ0) is 30.2. The number of halogens is 1. The van der Waals surface area contributed by atoms with E-state index in [9.17, 15) is 22.4 Å². The summed E-state index contributed by atoms with van der Waals surface area (Å²) in [6, 6.07) is 17.3. The lowest BCUT2D eigenvalue weighted by Gasteiger charge is -2.34. The minimum atomic E-state index is -4.30. The minimum absolute atomic E-state index is 0.114. The van der Waals surface area contributed by atoms with Crippen molar-refractivity contribution in [3.05, 3.63) is 89.7 Å². The second-order valence-electron chi connectivity index (χ2n) is 9.93. The van der Waals surface area contributed by atoms with E-state index in [-0.39, 0.29) is 29.1 Å². The topological polar surface area (TPSA) is 96.0 Å². The molecule has 0 saturated carbocycles. The number of hydrogen-bond donors (Lipinski definition) is 1. The smallest absolute Gasteiger partial charge is 0.264 e. The normalized spacial score (nSPS) is 12.1. The van der Waals surface area contributed by atoms with Crippen molar-refractivity contribution in [3.8, 4) is 5.75 Å². The van der Waals surface area contributed by atoms with E-state index in [1.807, 2.05) is 58.9 Å². The molecule has 41 heavy (non-hydrogen) atoms. The van der Waals surface area contributed by atoms with Gasteiger partial charge in [0.25, 0.3) is 10.0 Å². The van der Waals surface area contributed by atoms with Gasteiger partial charge in [-0.05, 0) is 93.8 Å². The number of rotatable bonds is 13. The molecule has 10 heteroatoms. The minimum Gasteiger partial charge on any atom is -0.494 e. The second-order valence-corrected chi connectivity index (χ2v) is 11.8. The van der Waals surface area contributed by atoms with Crippen LogP contribution in [0.2, 0.25) is 0 Å². The van der Waals surface area contributed by atoms with E-state index in [0.29, 0.717) is 18.8 Å². The Morgan fingerprint density at radius 1 is 0.951 bits per heavy atom. The maximum Gasteiger partial charge on any atom is 0.264 e. The van der Waals surface area contributed by atoms with Crippen LogP contribution in [0.3, 0.4) is 0 Å². The summed E-state index contributed by atoms with van der Waals surface area (Å²) in [4.78, 5) is 28.6. The van der Waals surface area contributed by atoms with Crippen molar-refractivity contribution in [1.82, 2.24) is 10.2 Å². The van der Waals surface area contributed by atoms with Crippen LogP contribution in [0.4, 0.5) is 10.1 Å². The Labute approximate surface area is 242 Å². The predicted molar refractivity (Wildman–Crippen MR) is 158 cm³/mol. The highest BCUT2D eigenvalue weighted by Gasteiger charge is 2.34. The second kappa shape index (κ2) is 14.1. The van der Waals surface area contributed by atoms with Gasteiger partial charge in [0.05, 0.1) is 17.2 Å². The summed E-state index contributed by atoms with van der Waals surface area (Å²) >= 11 is 0. The average Bonchev–Trinajstić information content (AvgIpc) is 2.93. The van der Waals surface area contributed by atoms with Crippen molar-refractivity contribution in [1.29, 1.82) is 0 Å². The molecule has 0 aliphatic carbocycles. The average molecular weight is 584 g/mol. The van der Waals surface area contributed by atoms with Crippen LogP contribution < -0.4 is 14.4 Å². The molecule has 0 spiro atoms. The molecule has 3 aromatic rings. The molecule has 0 heterocycles. The molecule has 2 amide bonds. The third kappa shape index (κ3) is 8.07. The van der Waals surface area contributed by atoms with Gasteiger partial charge in [-0.15, -0.1) is 0 Å². The summed E-state index contributed by atoms with van der Waals surface area (Å²) < 4.78 is 47.9. The summed E-state index contributed by atoms with van der Waals surface area (Å²) in [5, 5.41) is 2.88. The lowest BCUT2D eigenvalue weighted by molar-refractivity contribution is -0.140. The number of benzene rings is 3. The summed E-state index contributed by atoms with van der Waals surface area (Å²) in [5.74, 6) is -0.921. The molecule has 3 aromatic carbocycles. The number of hydrogen-bond acceptors (Lipinski definition) is 5. The lowest BCUT2D eigenvalue weighted by Crippen LogP contribution is -2.53. The van der Waals surface area contributed by atoms with Gasteiger partial charge in [0.2, 0.25) is 11.8 Å². The first-order valence-electron chi connectivity index (χ1n) is 13.6. The number of anilines is 1. The number of nitrogens with one attached hydrogen (secondary N) is 1. The summed E-state index contributed by atoms with van der Waals surface area (Å²) in [6.07, 6.45) is 0.323. The van der Waals surface area contributed by atoms with Crippen molar-refractivity contribution in [2.45, 2.75) is 64.6 Å². The highest BCUT2D eigenvalue weighted by molar-refractivity contribution is 7.92. The molecule has 1 unspecified atom stereocenters. The molecule has 0 aromatic heterocycles. The third-order valence-electron chi connectivity index (χ3n) is 6.54. The Balaban J connectivity index is 2.07. The van der Waals surface area contributed by atoms with E-state index >= 15 is 0 Å². The Hall–Kier alpha value is -3.92. The maximum atomic E-state index is 14.1. The predicted octanol–water partition coefficient (Wildman–Crippen LogP) is 5.06. The van der Waals surface area contributed by atoms with E-state index < -0.39 is 34.3 Å². The zero-order valence-corrected chi connectivity index (χ0v) is 24.9. The highest BCUT2D eigenvalue weighted by Crippen LogP contribution is 2.27. The van der Waals surface area contributed by atoms with Gasteiger partial charge in [0.1, 0.15) is 24.2 Å². The molecule has 0 bridgehead atoms. The Kier molecular flexibility index (Phi) is 10.9. The standard InChI is InChI=1S/C31H38FN3O5S/c1-6-29(31(37)33-22(3)4)34(20-24-11-9-8-10-23(24)5)30(36)21-35(26-14-16-27(17-15-26)40-7-2)41(38,39)28-18-12-25(32)13-19-28/h8-19,22,29H,6-7,20-21H2,1-5H3,(H,33,37). The first-order valence-corrected chi connectivity index (χ1v) is 15.1. The Morgan fingerprint density at radius 2 is 1.59 bits per heavy atom. The van der Waals surface area contributed by atoms with Crippen LogP contribution in [0.5, 0.6) is 5.75 Å². The van der Waals surface area contributed by atoms with Crippen LogP contribution >= 0.6 is 0 Å². The number of sulfonamides is 1. The summed E-state index contributed by atoms with van der Waals surface area (Å²) in [5.41, 5.74) is 2.00. The maximum absolute atomic E-state index is 14.1. The molecule has 1 N–H and O–H groups in total. The van der Waals surface area contributed by atoms with Gasteiger partial charge in [-0.1, -0.05) is 31.2 Å². The Morgan fingerprint density at radius 3 is 2.15 bits per heavy atom. The number of aryl methyl sites for hydroxylation is 1. The van der Waals surface area contributed by atoms with E-state index in [0.717, 1.165) is 39.7 Å². The fourth-order valence-electron chi connectivity index (χ4n) is 4.41. The van der Waals surface area contributed by atoms with Gasteiger partial charge in [-0.2, -0.15) is 0 Å². The first-order chi connectivity index (χ1) is 19.5. The molecule has 220 valence electrons. The number of amides is 2. The van der Waals surface area contributed by atoms with E-state index in [2.05, 4.69) is 5.32 Å². The van der Waals surface area contributed by atoms with Crippen molar-refractivity contribution < 1.29 is 27.1 Å². The van der Waals surface area contributed by atoms with Crippen LogP contribution in [0.15, 0.2) is 77.7 Å². The van der Waals surface area contributed by atoms with Gasteiger partial charge >= 0.3 is 0 Å². The number of carbonyl (C=O) groups excluding carboxylic acids is 2. The SMILES string of the molecule is CCOc1ccc(N(CC(=O)N(Cc2ccccc2C)C(CC)C(=O)NC(C)C)S(=O)(=O)c2ccc(F)cc2)cc1. The van der Waals surface area contributed by atoms with Crippen LogP contribution in [-0.4, -0.2) is 50.4 Å². The fraction of sp³-hybridized carbons (Fsp3) is 0.355. The molecular formula is C31H38FN3O5S. The van der Waals surface area contributed by atoms with E-state index in [1.54, 1.807) is 24.3 Å². The molecule has 0 radical (unpaired) electrons. The van der Waals surface area contributed by atoms with Crippen molar-refractivity contribution in [3.63, 3.8) is 0 Å². The molecule has 0 aliphatic heterocycles. The number of ether oxygens (including phenoxy) is 1. The van der Waals surface area contributed by atoms with Gasteiger partial charge in [-0.3, -0.25) is 13.9 Å². The lowest BCUT2D eigenvalue weighted by atomic mass is 10.1. The molecule has 3 rings (SSSR count). The molecular weight excluding hydrogens is 545 g/mol. The Bertz CT molecular complexity index is 1430. The van der Waals surface area contributed by atoms with Crippen LogP contribution in [0.25, 0.3) is 0 Å².